The molecule has 1 aliphatic rings. The van der Waals surface area contributed by atoms with Crippen LogP contribution in [0.25, 0.3) is 0 Å². The number of nitrogens with one attached hydrogen (secondary N) is 1. The smallest absolute Gasteiger partial charge is 0.224 e. The van der Waals surface area contributed by atoms with Crippen molar-refractivity contribution in [2.24, 2.45) is 0 Å². The number of benzene rings is 1. The summed E-state index contributed by atoms with van der Waals surface area (Å²) in [5, 5.41) is 3.93. The lowest BCUT2D eigenvalue weighted by atomic mass is 10.1. The Hall–Kier alpha value is -0.730. The van der Waals surface area contributed by atoms with Crippen molar-refractivity contribution in [3.8, 4) is 0 Å². The topological polar surface area (TPSA) is 29.1 Å². The van der Waals surface area contributed by atoms with Crippen LogP contribution in [0.5, 0.6) is 0 Å². The standard InChI is InChI=1S/C11H11Cl2NO/c12-9-4-1-7(5-10(9)13)6-11(15)14-8-2-3-8/h1,4-5,8H,2-3,6H2,(H,14,15). The zero-order chi connectivity index (χ0) is 10.8. The normalized spacial score (nSPS) is 15.1. The fourth-order valence-electron chi connectivity index (χ4n) is 1.34. The molecular formula is C11H11Cl2NO. The van der Waals surface area contributed by atoms with Crippen molar-refractivity contribution >= 4 is 29.1 Å². The van der Waals surface area contributed by atoms with Crippen LogP contribution in [0.15, 0.2) is 18.2 Å². The Bertz CT molecular complexity index is 388. The Balaban J connectivity index is 1.97. The molecule has 4 heteroatoms. The third-order valence-corrected chi connectivity index (χ3v) is 3.03. The molecule has 2 rings (SSSR count). The Kier molecular flexibility index (Phi) is 3.17. The third-order valence-electron chi connectivity index (χ3n) is 2.29. The Morgan fingerprint density at radius 1 is 1.33 bits per heavy atom. The number of hydrogen-bond donors (Lipinski definition) is 1. The van der Waals surface area contributed by atoms with E-state index in [4.69, 9.17) is 23.2 Å². The van der Waals surface area contributed by atoms with Crippen LogP contribution in [0.2, 0.25) is 10.0 Å². The van der Waals surface area contributed by atoms with Gasteiger partial charge in [0.1, 0.15) is 0 Å². The summed E-state index contributed by atoms with van der Waals surface area (Å²) < 4.78 is 0. The fraction of sp³-hybridized carbons (Fsp3) is 0.364. The molecule has 0 aromatic heterocycles. The van der Waals surface area contributed by atoms with Crippen LogP contribution < -0.4 is 5.32 Å². The van der Waals surface area contributed by atoms with Crippen molar-refractivity contribution in [1.29, 1.82) is 0 Å². The molecule has 0 radical (unpaired) electrons. The van der Waals surface area contributed by atoms with Gasteiger partial charge in [-0.05, 0) is 30.5 Å². The van der Waals surface area contributed by atoms with Crippen molar-refractivity contribution in [1.82, 2.24) is 5.32 Å². The van der Waals surface area contributed by atoms with E-state index in [9.17, 15) is 4.79 Å². The van der Waals surface area contributed by atoms with Crippen LogP contribution in [0.3, 0.4) is 0 Å². The first-order chi connectivity index (χ1) is 7.15. The highest BCUT2D eigenvalue weighted by Gasteiger charge is 2.23. The number of amides is 1. The molecule has 1 aliphatic carbocycles. The average molecular weight is 244 g/mol. The Morgan fingerprint density at radius 2 is 2.07 bits per heavy atom. The molecule has 2 nitrogen and oxygen atoms in total. The van der Waals surface area contributed by atoms with Crippen molar-refractivity contribution < 1.29 is 4.79 Å². The zero-order valence-electron chi connectivity index (χ0n) is 8.09. The predicted molar refractivity (Wildman–Crippen MR) is 61.3 cm³/mol. The van der Waals surface area contributed by atoms with Gasteiger partial charge in [-0.2, -0.15) is 0 Å². The molecule has 80 valence electrons. The Labute approximate surface area is 98.6 Å². The molecule has 1 aromatic rings. The molecule has 1 aromatic carbocycles. The van der Waals surface area contributed by atoms with Gasteiger partial charge in [0.25, 0.3) is 0 Å². The van der Waals surface area contributed by atoms with Crippen LogP contribution in [-0.2, 0) is 11.2 Å². The summed E-state index contributed by atoms with van der Waals surface area (Å²) in [6, 6.07) is 5.67. The van der Waals surface area contributed by atoms with Crippen LogP contribution in [-0.4, -0.2) is 11.9 Å². The molecule has 1 N–H and O–H groups in total. The molecule has 0 unspecified atom stereocenters. The SMILES string of the molecule is O=C(Cc1ccc(Cl)c(Cl)c1)NC1CC1. The van der Waals surface area contributed by atoms with E-state index in [1.165, 1.54) is 0 Å². The number of halogens is 2. The number of rotatable bonds is 3. The highest BCUT2D eigenvalue weighted by molar-refractivity contribution is 6.42. The molecule has 15 heavy (non-hydrogen) atoms. The van der Waals surface area contributed by atoms with E-state index in [0.29, 0.717) is 22.5 Å². The van der Waals surface area contributed by atoms with Gasteiger partial charge in [-0.1, -0.05) is 29.3 Å². The molecule has 0 atom stereocenters. The quantitative estimate of drug-likeness (QED) is 0.870. The summed E-state index contributed by atoms with van der Waals surface area (Å²) in [6.07, 6.45) is 2.58. The minimum atomic E-state index is 0.0517. The maximum Gasteiger partial charge on any atom is 0.224 e. The molecule has 0 aliphatic heterocycles. The van der Waals surface area contributed by atoms with E-state index < -0.39 is 0 Å². The van der Waals surface area contributed by atoms with E-state index in [1.54, 1.807) is 12.1 Å². The van der Waals surface area contributed by atoms with E-state index in [1.807, 2.05) is 6.07 Å². The molecule has 1 fully saturated rings. The summed E-state index contributed by atoms with van der Waals surface area (Å²) in [6.45, 7) is 0. The predicted octanol–water partition coefficient (Wildman–Crippen LogP) is 2.81. The Morgan fingerprint density at radius 3 is 2.67 bits per heavy atom. The maximum absolute atomic E-state index is 11.5. The van der Waals surface area contributed by atoms with Gasteiger partial charge in [-0.15, -0.1) is 0 Å². The van der Waals surface area contributed by atoms with Crippen LogP contribution in [0, 0.1) is 0 Å². The van der Waals surface area contributed by atoms with Crippen molar-refractivity contribution in [2.75, 3.05) is 0 Å². The maximum atomic E-state index is 11.5. The summed E-state index contributed by atoms with van der Waals surface area (Å²) in [7, 11) is 0. The highest BCUT2D eigenvalue weighted by Crippen LogP contribution is 2.23. The van der Waals surface area contributed by atoms with Gasteiger partial charge in [0.05, 0.1) is 16.5 Å². The van der Waals surface area contributed by atoms with E-state index in [0.717, 1.165) is 18.4 Å². The van der Waals surface area contributed by atoms with Gasteiger partial charge in [-0.3, -0.25) is 4.79 Å². The monoisotopic (exact) mass is 243 g/mol. The lowest BCUT2D eigenvalue weighted by Gasteiger charge is -2.04. The molecule has 0 spiro atoms. The average Bonchev–Trinajstić information content (AvgIpc) is 2.95. The number of hydrogen-bond acceptors (Lipinski definition) is 1. The molecule has 0 bridgehead atoms. The first-order valence-electron chi connectivity index (χ1n) is 4.88. The van der Waals surface area contributed by atoms with Crippen LogP contribution >= 0.6 is 23.2 Å². The van der Waals surface area contributed by atoms with E-state index in [2.05, 4.69) is 5.32 Å². The van der Waals surface area contributed by atoms with Gasteiger partial charge in [-0.25, -0.2) is 0 Å². The number of carbonyl (C=O) groups is 1. The second kappa shape index (κ2) is 4.42. The van der Waals surface area contributed by atoms with Gasteiger partial charge in [0, 0.05) is 6.04 Å². The first-order valence-corrected chi connectivity index (χ1v) is 5.64. The number of carbonyl (C=O) groups excluding carboxylic acids is 1. The van der Waals surface area contributed by atoms with Crippen molar-refractivity contribution in [3.63, 3.8) is 0 Å². The zero-order valence-corrected chi connectivity index (χ0v) is 9.61. The van der Waals surface area contributed by atoms with E-state index in [-0.39, 0.29) is 5.91 Å². The second-order valence-corrected chi connectivity index (χ2v) is 4.58. The largest absolute Gasteiger partial charge is 0.353 e. The van der Waals surface area contributed by atoms with Gasteiger partial charge >= 0.3 is 0 Å². The van der Waals surface area contributed by atoms with Crippen molar-refractivity contribution in [2.45, 2.75) is 25.3 Å². The fourth-order valence-corrected chi connectivity index (χ4v) is 1.66. The minimum Gasteiger partial charge on any atom is -0.353 e. The highest BCUT2D eigenvalue weighted by atomic mass is 35.5. The van der Waals surface area contributed by atoms with E-state index >= 15 is 0 Å². The lowest BCUT2D eigenvalue weighted by molar-refractivity contribution is -0.120. The van der Waals surface area contributed by atoms with Gasteiger partial charge in [0.2, 0.25) is 5.91 Å². The summed E-state index contributed by atoms with van der Waals surface area (Å²) in [4.78, 5) is 11.5. The summed E-state index contributed by atoms with van der Waals surface area (Å²) in [5.74, 6) is 0.0517. The molecule has 0 heterocycles. The van der Waals surface area contributed by atoms with Crippen molar-refractivity contribution in [3.05, 3.63) is 33.8 Å². The van der Waals surface area contributed by atoms with Crippen LogP contribution in [0.4, 0.5) is 0 Å². The second-order valence-electron chi connectivity index (χ2n) is 3.77. The summed E-state index contributed by atoms with van der Waals surface area (Å²) in [5.41, 5.74) is 0.891. The van der Waals surface area contributed by atoms with Gasteiger partial charge in [0.15, 0.2) is 0 Å². The first kappa shape index (κ1) is 10.8. The van der Waals surface area contributed by atoms with Gasteiger partial charge < -0.3 is 5.32 Å². The molecular weight excluding hydrogens is 233 g/mol. The molecule has 1 amide bonds. The molecule has 1 saturated carbocycles. The molecule has 0 saturated heterocycles. The minimum absolute atomic E-state index is 0.0517. The summed E-state index contributed by atoms with van der Waals surface area (Å²) >= 11 is 11.6. The van der Waals surface area contributed by atoms with Crippen LogP contribution in [0.1, 0.15) is 18.4 Å². The third kappa shape index (κ3) is 3.11. The lowest BCUT2D eigenvalue weighted by Crippen LogP contribution is -2.26.